The Labute approximate surface area is 113 Å². The van der Waals surface area contributed by atoms with Crippen LogP contribution in [0.4, 0.5) is 0 Å². The van der Waals surface area contributed by atoms with Crippen molar-refractivity contribution in [3.8, 4) is 0 Å². The number of rotatable bonds is 5. The number of benzene rings is 1. The molecule has 0 spiro atoms. The summed E-state index contributed by atoms with van der Waals surface area (Å²) in [6, 6.07) is 10.3. The van der Waals surface area contributed by atoms with Gasteiger partial charge in [0.25, 0.3) is 5.91 Å². The molecule has 4 nitrogen and oxygen atoms in total. The summed E-state index contributed by atoms with van der Waals surface area (Å²) < 4.78 is 10.3. The SMILES string of the molecule is C[C@H](CCc1ccccc1)NC(=O)C1=COCCO1. The van der Waals surface area contributed by atoms with Gasteiger partial charge in [0, 0.05) is 6.04 Å². The molecule has 2 rings (SSSR count). The number of hydrogen-bond acceptors (Lipinski definition) is 3. The van der Waals surface area contributed by atoms with Crippen LogP contribution in [-0.2, 0) is 20.7 Å². The van der Waals surface area contributed by atoms with Gasteiger partial charge in [0.1, 0.15) is 19.5 Å². The number of amides is 1. The van der Waals surface area contributed by atoms with E-state index in [9.17, 15) is 4.79 Å². The predicted octanol–water partition coefficient (Wildman–Crippen LogP) is 2.01. The van der Waals surface area contributed by atoms with Crippen LogP contribution in [0.2, 0.25) is 0 Å². The smallest absolute Gasteiger partial charge is 0.289 e. The Hall–Kier alpha value is -1.97. The van der Waals surface area contributed by atoms with Gasteiger partial charge in [0.2, 0.25) is 5.76 Å². The highest BCUT2D eigenvalue weighted by Crippen LogP contribution is 2.07. The van der Waals surface area contributed by atoms with Crippen LogP contribution >= 0.6 is 0 Å². The summed E-state index contributed by atoms with van der Waals surface area (Å²) in [5.74, 6) is 0.0538. The minimum atomic E-state index is -0.208. The van der Waals surface area contributed by atoms with Gasteiger partial charge in [-0.25, -0.2) is 0 Å². The van der Waals surface area contributed by atoms with Crippen LogP contribution in [0.5, 0.6) is 0 Å². The Morgan fingerprint density at radius 1 is 1.32 bits per heavy atom. The zero-order valence-electron chi connectivity index (χ0n) is 11.1. The van der Waals surface area contributed by atoms with E-state index in [0.717, 1.165) is 12.8 Å². The summed E-state index contributed by atoms with van der Waals surface area (Å²) in [5.41, 5.74) is 1.28. The van der Waals surface area contributed by atoms with Crippen molar-refractivity contribution in [1.29, 1.82) is 0 Å². The van der Waals surface area contributed by atoms with Gasteiger partial charge in [-0.05, 0) is 25.3 Å². The molecule has 1 aliphatic rings. The molecule has 102 valence electrons. The lowest BCUT2D eigenvalue weighted by Gasteiger charge is -2.18. The van der Waals surface area contributed by atoms with E-state index in [0.29, 0.717) is 13.2 Å². The molecule has 19 heavy (non-hydrogen) atoms. The van der Waals surface area contributed by atoms with E-state index in [1.54, 1.807) is 0 Å². The van der Waals surface area contributed by atoms with Gasteiger partial charge < -0.3 is 14.8 Å². The van der Waals surface area contributed by atoms with Crippen molar-refractivity contribution in [3.63, 3.8) is 0 Å². The third-order valence-electron chi connectivity index (χ3n) is 2.96. The largest absolute Gasteiger partial charge is 0.494 e. The summed E-state index contributed by atoms with van der Waals surface area (Å²) >= 11 is 0. The van der Waals surface area contributed by atoms with Crippen LogP contribution in [0.25, 0.3) is 0 Å². The maximum Gasteiger partial charge on any atom is 0.289 e. The lowest BCUT2D eigenvalue weighted by atomic mass is 10.1. The van der Waals surface area contributed by atoms with E-state index in [4.69, 9.17) is 9.47 Å². The van der Waals surface area contributed by atoms with Gasteiger partial charge in [0.05, 0.1) is 0 Å². The Morgan fingerprint density at radius 3 is 2.79 bits per heavy atom. The van der Waals surface area contributed by atoms with E-state index < -0.39 is 0 Å². The molecule has 0 saturated heterocycles. The molecule has 1 aromatic carbocycles. The van der Waals surface area contributed by atoms with Crippen molar-refractivity contribution < 1.29 is 14.3 Å². The monoisotopic (exact) mass is 261 g/mol. The lowest BCUT2D eigenvalue weighted by Crippen LogP contribution is -2.35. The maximum atomic E-state index is 11.8. The predicted molar refractivity (Wildman–Crippen MR) is 72.4 cm³/mol. The highest BCUT2D eigenvalue weighted by atomic mass is 16.6. The van der Waals surface area contributed by atoms with E-state index in [1.165, 1.54) is 11.8 Å². The summed E-state index contributed by atoms with van der Waals surface area (Å²) in [6.07, 6.45) is 3.21. The molecule has 0 saturated carbocycles. The quantitative estimate of drug-likeness (QED) is 0.882. The molecular weight excluding hydrogens is 242 g/mol. The second kappa shape index (κ2) is 6.83. The van der Waals surface area contributed by atoms with Crippen molar-refractivity contribution in [1.82, 2.24) is 5.32 Å². The summed E-state index contributed by atoms with van der Waals surface area (Å²) in [5, 5.41) is 2.91. The lowest BCUT2D eigenvalue weighted by molar-refractivity contribution is -0.122. The van der Waals surface area contributed by atoms with Crippen molar-refractivity contribution in [3.05, 3.63) is 47.9 Å². The molecule has 1 amide bonds. The average molecular weight is 261 g/mol. The van der Waals surface area contributed by atoms with Gasteiger partial charge in [-0.2, -0.15) is 0 Å². The zero-order chi connectivity index (χ0) is 13.5. The number of nitrogens with one attached hydrogen (secondary N) is 1. The number of ether oxygens (including phenoxy) is 2. The highest BCUT2D eigenvalue weighted by molar-refractivity contribution is 5.91. The molecule has 1 heterocycles. The highest BCUT2D eigenvalue weighted by Gasteiger charge is 2.16. The first kappa shape index (κ1) is 13.5. The minimum Gasteiger partial charge on any atom is -0.494 e. The first-order valence-electron chi connectivity index (χ1n) is 6.55. The van der Waals surface area contributed by atoms with E-state index in [-0.39, 0.29) is 17.7 Å². The normalized spacial score (nSPS) is 15.7. The standard InChI is InChI=1S/C15H19NO3/c1-12(7-8-13-5-3-2-4-6-13)16-15(17)14-11-18-9-10-19-14/h2-6,11-12H,7-10H2,1H3,(H,16,17)/t12-/m1/s1. The zero-order valence-corrected chi connectivity index (χ0v) is 11.1. The van der Waals surface area contributed by atoms with Crippen LogP contribution in [-0.4, -0.2) is 25.2 Å². The van der Waals surface area contributed by atoms with Crippen LogP contribution < -0.4 is 5.32 Å². The molecule has 0 aromatic heterocycles. The van der Waals surface area contributed by atoms with E-state index >= 15 is 0 Å². The van der Waals surface area contributed by atoms with Gasteiger partial charge in [-0.15, -0.1) is 0 Å². The Morgan fingerprint density at radius 2 is 2.11 bits per heavy atom. The maximum absolute atomic E-state index is 11.8. The first-order valence-corrected chi connectivity index (χ1v) is 6.55. The van der Waals surface area contributed by atoms with Crippen molar-refractivity contribution in [2.45, 2.75) is 25.8 Å². The van der Waals surface area contributed by atoms with Crippen molar-refractivity contribution in [2.75, 3.05) is 13.2 Å². The van der Waals surface area contributed by atoms with Crippen LogP contribution in [0.3, 0.4) is 0 Å². The topological polar surface area (TPSA) is 47.6 Å². The molecule has 0 unspecified atom stereocenters. The fourth-order valence-corrected chi connectivity index (χ4v) is 1.88. The fourth-order valence-electron chi connectivity index (χ4n) is 1.88. The van der Waals surface area contributed by atoms with Gasteiger partial charge in [-0.1, -0.05) is 30.3 Å². The van der Waals surface area contributed by atoms with Gasteiger partial charge in [0.15, 0.2) is 0 Å². The second-order valence-corrected chi connectivity index (χ2v) is 4.60. The third-order valence-corrected chi connectivity index (χ3v) is 2.96. The van der Waals surface area contributed by atoms with Crippen LogP contribution in [0.1, 0.15) is 18.9 Å². The van der Waals surface area contributed by atoms with Gasteiger partial charge >= 0.3 is 0 Å². The average Bonchev–Trinajstić information content (AvgIpc) is 2.47. The molecular formula is C15H19NO3. The number of hydrogen-bond donors (Lipinski definition) is 1. The van der Waals surface area contributed by atoms with E-state index in [2.05, 4.69) is 17.4 Å². The molecule has 1 atom stereocenters. The number of carbonyl (C=O) groups excluding carboxylic acids is 1. The molecule has 1 aromatic rings. The number of aryl methyl sites for hydroxylation is 1. The van der Waals surface area contributed by atoms with E-state index in [1.807, 2.05) is 25.1 Å². The molecule has 1 aliphatic heterocycles. The first-order chi connectivity index (χ1) is 9.25. The second-order valence-electron chi connectivity index (χ2n) is 4.60. The molecule has 1 N–H and O–H groups in total. The summed E-state index contributed by atoms with van der Waals surface area (Å²) in [4.78, 5) is 11.8. The Balaban J connectivity index is 1.76. The summed E-state index contributed by atoms with van der Waals surface area (Å²) in [6.45, 7) is 2.92. The van der Waals surface area contributed by atoms with Crippen molar-refractivity contribution in [2.24, 2.45) is 0 Å². The van der Waals surface area contributed by atoms with Crippen LogP contribution in [0, 0.1) is 0 Å². The molecule has 4 heteroatoms. The molecule has 0 fully saturated rings. The Kier molecular flexibility index (Phi) is 4.84. The minimum absolute atomic E-state index is 0.0964. The third kappa shape index (κ3) is 4.32. The summed E-state index contributed by atoms with van der Waals surface area (Å²) in [7, 11) is 0. The number of carbonyl (C=O) groups is 1. The molecule has 0 aliphatic carbocycles. The fraction of sp³-hybridized carbons (Fsp3) is 0.400. The molecule has 0 bridgehead atoms. The van der Waals surface area contributed by atoms with Crippen molar-refractivity contribution >= 4 is 5.91 Å². The van der Waals surface area contributed by atoms with Gasteiger partial charge in [-0.3, -0.25) is 4.79 Å². The Bertz CT molecular complexity index is 442. The molecule has 0 radical (unpaired) electrons. The van der Waals surface area contributed by atoms with Crippen LogP contribution in [0.15, 0.2) is 42.4 Å².